The molecule has 88 valence electrons. The fraction of sp³-hybridized carbons (Fsp3) is 0.182. The number of nitro groups is 1. The highest BCUT2D eigenvalue weighted by molar-refractivity contribution is 5.38. The van der Waals surface area contributed by atoms with Crippen molar-refractivity contribution in [1.82, 2.24) is 5.16 Å². The van der Waals surface area contributed by atoms with Crippen molar-refractivity contribution in [2.24, 2.45) is 0 Å². The van der Waals surface area contributed by atoms with E-state index in [2.05, 4.69) is 5.16 Å². The van der Waals surface area contributed by atoms with Crippen LogP contribution in [0.5, 0.6) is 11.6 Å². The van der Waals surface area contributed by atoms with Crippen LogP contribution in [0, 0.1) is 24.0 Å². The Morgan fingerprint density at radius 2 is 1.94 bits per heavy atom. The zero-order chi connectivity index (χ0) is 12.4. The van der Waals surface area contributed by atoms with Crippen molar-refractivity contribution in [2.75, 3.05) is 0 Å². The number of nitro benzene ring substituents is 1. The van der Waals surface area contributed by atoms with Crippen LogP contribution in [-0.2, 0) is 0 Å². The lowest BCUT2D eigenvalue weighted by molar-refractivity contribution is -0.384. The predicted octanol–water partition coefficient (Wildman–Crippen LogP) is 2.99. The summed E-state index contributed by atoms with van der Waals surface area (Å²) in [5.41, 5.74) is 0.828. The monoisotopic (exact) mass is 234 g/mol. The molecular formula is C11H10N2O4. The van der Waals surface area contributed by atoms with Crippen LogP contribution in [0.15, 0.2) is 28.8 Å². The first-order chi connectivity index (χ1) is 8.08. The second-order valence-corrected chi connectivity index (χ2v) is 3.52. The fourth-order valence-electron chi connectivity index (χ4n) is 1.24. The lowest BCUT2D eigenvalue weighted by atomic mass is 10.3. The summed E-state index contributed by atoms with van der Waals surface area (Å²) >= 11 is 0. The van der Waals surface area contributed by atoms with Gasteiger partial charge < -0.3 is 9.26 Å². The minimum absolute atomic E-state index is 0.0189. The van der Waals surface area contributed by atoms with Gasteiger partial charge in [0.25, 0.3) is 11.6 Å². The van der Waals surface area contributed by atoms with Gasteiger partial charge >= 0.3 is 0 Å². The van der Waals surface area contributed by atoms with E-state index in [1.165, 1.54) is 24.3 Å². The molecule has 2 rings (SSSR count). The zero-order valence-corrected chi connectivity index (χ0v) is 9.34. The summed E-state index contributed by atoms with van der Waals surface area (Å²) in [6.07, 6.45) is 0. The van der Waals surface area contributed by atoms with Crippen LogP contribution in [0.3, 0.4) is 0 Å². The summed E-state index contributed by atoms with van der Waals surface area (Å²) < 4.78 is 10.4. The number of ether oxygens (including phenoxy) is 1. The summed E-state index contributed by atoms with van der Waals surface area (Å²) in [7, 11) is 0. The molecule has 17 heavy (non-hydrogen) atoms. The average molecular weight is 234 g/mol. The molecule has 0 N–H and O–H groups in total. The van der Waals surface area contributed by atoms with Crippen LogP contribution in [0.2, 0.25) is 0 Å². The van der Waals surface area contributed by atoms with Gasteiger partial charge in [0, 0.05) is 12.1 Å². The van der Waals surface area contributed by atoms with E-state index in [4.69, 9.17) is 9.26 Å². The van der Waals surface area contributed by atoms with Gasteiger partial charge in [0.1, 0.15) is 11.5 Å². The van der Waals surface area contributed by atoms with E-state index < -0.39 is 4.92 Å². The van der Waals surface area contributed by atoms with Crippen LogP contribution in [0.4, 0.5) is 5.69 Å². The van der Waals surface area contributed by atoms with Gasteiger partial charge in [-0.1, -0.05) is 0 Å². The van der Waals surface area contributed by atoms with Gasteiger partial charge in [-0.05, 0) is 31.1 Å². The first-order valence-electron chi connectivity index (χ1n) is 4.93. The Bertz CT molecular complexity index is 545. The number of rotatable bonds is 3. The number of benzene rings is 1. The van der Waals surface area contributed by atoms with Gasteiger partial charge in [-0.3, -0.25) is 10.1 Å². The van der Waals surface area contributed by atoms with Crippen molar-refractivity contribution >= 4 is 5.69 Å². The van der Waals surface area contributed by atoms with E-state index >= 15 is 0 Å². The Hall–Kier alpha value is -2.37. The zero-order valence-electron chi connectivity index (χ0n) is 9.34. The lowest BCUT2D eigenvalue weighted by Crippen LogP contribution is -1.89. The summed E-state index contributed by atoms with van der Waals surface area (Å²) in [5.74, 6) is 1.53. The topological polar surface area (TPSA) is 78.4 Å². The summed E-state index contributed by atoms with van der Waals surface area (Å²) in [6, 6.07) is 5.78. The highest BCUT2D eigenvalue weighted by Crippen LogP contribution is 2.26. The molecule has 0 aliphatic heterocycles. The minimum atomic E-state index is -0.463. The Morgan fingerprint density at radius 1 is 1.29 bits per heavy atom. The van der Waals surface area contributed by atoms with Gasteiger partial charge in [0.2, 0.25) is 0 Å². The first-order valence-corrected chi connectivity index (χ1v) is 4.93. The normalized spacial score (nSPS) is 10.2. The molecule has 6 heteroatoms. The molecule has 1 heterocycles. The Labute approximate surface area is 97.0 Å². The molecule has 0 aliphatic rings. The molecule has 0 bridgehead atoms. The van der Waals surface area contributed by atoms with Crippen molar-refractivity contribution in [3.05, 3.63) is 45.7 Å². The molecule has 0 saturated heterocycles. The Morgan fingerprint density at radius 3 is 2.41 bits per heavy atom. The first kappa shape index (κ1) is 11.1. The van der Waals surface area contributed by atoms with E-state index in [0.29, 0.717) is 17.4 Å². The number of nitrogens with zero attached hydrogens (tertiary/aromatic N) is 2. The molecule has 0 radical (unpaired) electrons. The highest BCUT2D eigenvalue weighted by atomic mass is 16.6. The van der Waals surface area contributed by atoms with Gasteiger partial charge in [0.15, 0.2) is 0 Å². The Kier molecular flexibility index (Phi) is 2.78. The van der Waals surface area contributed by atoms with Gasteiger partial charge in [-0.15, -0.1) is 0 Å². The molecule has 0 aliphatic carbocycles. The predicted molar refractivity (Wildman–Crippen MR) is 59.1 cm³/mol. The minimum Gasteiger partial charge on any atom is -0.436 e. The van der Waals surface area contributed by atoms with E-state index in [1.807, 2.05) is 6.92 Å². The molecule has 0 saturated carbocycles. The number of hydrogen-bond acceptors (Lipinski definition) is 5. The van der Waals surface area contributed by atoms with E-state index in [1.54, 1.807) is 6.92 Å². The summed E-state index contributed by atoms with van der Waals surface area (Å²) in [5, 5.41) is 14.2. The van der Waals surface area contributed by atoms with Crippen molar-refractivity contribution < 1.29 is 14.2 Å². The van der Waals surface area contributed by atoms with E-state index in [9.17, 15) is 10.1 Å². The van der Waals surface area contributed by atoms with Crippen LogP contribution in [0.25, 0.3) is 0 Å². The largest absolute Gasteiger partial charge is 0.436 e. The molecule has 2 aromatic rings. The molecule has 1 aromatic heterocycles. The SMILES string of the molecule is Cc1onc(Oc2ccc([N+](=O)[O-])cc2)c1C. The third-order valence-electron chi connectivity index (χ3n) is 2.38. The molecule has 1 aromatic carbocycles. The van der Waals surface area contributed by atoms with Gasteiger partial charge in [0.05, 0.1) is 10.5 Å². The number of aromatic nitrogens is 1. The van der Waals surface area contributed by atoms with Crippen molar-refractivity contribution in [2.45, 2.75) is 13.8 Å². The van der Waals surface area contributed by atoms with E-state index in [-0.39, 0.29) is 5.69 Å². The molecule has 0 amide bonds. The molecular weight excluding hydrogens is 224 g/mol. The Balaban J connectivity index is 2.19. The molecule has 0 atom stereocenters. The third-order valence-corrected chi connectivity index (χ3v) is 2.38. The van der Waals surface area contributed by atoms with Crippen molar-refractivity contribution in [3.63, 3.8) is 0 Å². The molecule has 0 fully saturated rings. The van der Waals surface area contributed by atoms with E-state index in [0.717, 1.165) is 5.56 Å². The number of non-ortho nitro benzene ring substituents is 1. The third kappa shape index (κ3) is 2.25. The van der Waals surface area contributed by atoms with Crippen LogP contribution in [0.1, 0.15) is 11.3 Å². The molecule has 0 unspecified atom stereocenters. The smallest absolute Gasteiger partial charge is 0.269 e. The van der Waals surface area contributed by atoms with Gasteiger partial charge in [-0.25, -0.2) is 0 Å². The molecule has 0 spiro atoms. The van der Waals surface area contributed by atoms with Crippen LogP contribution in [-0.4, -0.2) is 10.1 Å². The number of aryl methyl sites for hydroxylation is 1. The quantitative estimate of drug-likeness (QED) is 0.602. The second-order valence-electron chi connectivity index (χ2n) is 3.52. The average Bonchev–Trinajstić information content (AvgIpc) is 2.62. The summed E-state index contributed by atoms with van der Waals surface area (Å²) in [4.78, 5) is 10.0. The summed E-state index contributed by atoms with van der Waals surface area (Å²) in [6.45, 7) is 3.61. The standard InChI is InChI=1S/C11H10N2O4/c1-7-8(2)17-12-11(7)16-10-5-3-9(4-6-10)13(14)15/h3-6H,1-2H3. The van der Waals surface area contributed by atoms with Crippen LogP contribution >= 0.6 is 0 Å². The maximum absolute atomic E-state index is 10.5. The van der Waals surface area contributed by atoms with Crippen LogP contribution < -0.4 is 4.74 Å². The highest BCUT2D eigenvalue weighted by Gasteiger charge is 2.11. The van der Waals surface area contributed by atoms with Crippen molar-refractivity contribution in [1.29, 1.82) is 0 Å². The molecule has 6 nitrogen and oxygen atoms in total. The maximum atomic E-state index is 10.5. The maximum Gasteiger partial charge on any atom is 0.269 e. The second kappa shape index (κ2) is 4.25. The fourth-order valence-corrected chi connectivity index (χ4v) is 1.24. The van der Waals surface area contributed by atoms with Gasteiger partial charge in [-0.2, -0.15) is 0 Å². The van der Waals surface area contributed by atoms with Crippen molar-refractivity contribution in [3.8, 4) is 11.6 Å². The number of hydrogen-bond donors (Lipinski definition) is 0. The lowest BCUT2D eigenvalue weighted by Gasteiger charge is -2.01.